The Morgan fingerprint density at radius 1 is 1.21 bits per heavy atom. The van der Waals surface area contributed by atoms with Crippen LogP contribution in [0, 0.1) is 5.92 Å². The lowest BCUT2D eigenvalue weighted by atomic mass is 9.91. The van der Waals surface area contributed by atoms with Gasteiger partial charge in [-0.15, -0.1) is 0 Å². The molecule has 0 bridgehead atoms. The second-order valence-electron chi connectivity index (χ2n) is 5.34. The summed E-state index contributed by atoms with van der Waals surface area (Å²) >= 11 is 0. The molecule has 1 aromatic rings. The SMILES string of the molecule is CC(C)CNC(C)(CO)c1cccc(C(F)(F)F)c1. The van der Waals surface area contributed by atoms with Gasteiger partial charge in [-0.25, -0.2) is 0 Å². The van der Waals surface area contributed by atoms with E-state index in [1.54, 1.807) is 13.0 Å². The Labute approximate surface area is 111 Å². The number of benzene rings is 1. The number of aliphatic hydroxyl groups is 1. The molecule has 0 amide bonds. The van der Waals surface area contributed by atoms with Gasteiger partial charge in [0.25, 0.3) is 0 Å². The maximum atomic E-state index is 12.7. The van der Waals surface area contributed by atoms with Crippen LogP contribution in [-0.2, 0) is 11.7 Å². The van der Waals surface area contributed by atoms with Crippen LogP contribution in [0.2, 0.25) is 0 Å². The van der Waals surface area contributed by atoms with Crippen molar-refractivity contribution in [1.82, 2.24) is 5.32 Å². The zero-order valence-corrected chi connectivity index (χ0v) is 11.4. The van der Waals surface area contributed by atoms with Gasteiger partial charge in [0.05, 0.1) is 17.7 Å². The van der Waals surface area contributed by atoms with E-state index >= 15 is 0 Å². The summed E-state index contributed by atoms with van der Waals surface area (Å²) in [5.74, 6) is 0.344. The standard InChI is InChI=1S/C14H20F3NO/c1-10(2)8-18-13(3,9-19)11-5-4-6-12(7-11)14(15,16)17/h4-7,10,18-19H,8-9H2,1-3H3. The minimum atomic E-state index is -4.37. The van der Waals surface area contributed by atoms with Gasteiger partial charge < -0.3 is 10.4 Å². The minimum absolute atomic E-state index is 0.263. The van der Waals surface area contributed by atoms with E-state index in [-0.39, 0.29) is 6.61 Å². The van der Waals surface area contributed by atoms with Gasteiger partial charge in [-0.1, -0.05) is 26.0 Å². The molecule has 19 heavy (non-hydrogen) atoms. The fraction of sp³-hybridized carbons (Fsp3) is 0.571. The highest BCUT2D eigenvalue weighted by atomic mass is 19.4. The predicted octanol–water partition coefficient (Wildman–Crippen LogP) is 3.16. The van der Waals surface area contributed by atoms with Crippen LogP contribution < -0.4 is 5.32 Å². The second-order valence-corrected chi connectivity index (χ2v) is 5.34. The smallest absolute Gasteiger partial charge is 0.394 e. The first kappa shape index (κ1) is 16.0. The summed E-state index contributed by atoms with van der Waals surface area (Å²) in [6, 6.07) is 5.08. The molecule has 0 radical (unpaired) electrons. The first-order valence-electron chi connectivity index (χ1n) is 6.22. The molecule has 0 spiro atoms. The van der Waals surface area contributed by atoms with E-state index in [1.807, 2.05) is 13.8 Å². The molecule has 1 rings (SSSR count). The monoisotopic (exact) mass is 275 g/mol. The molecule has 2 nitrogen and oxygen atoms in total. The maximum Gasteiger partial charge on any atom is 0.416 e. The third-order valence-electron chi connectivity index (χ3n) is 3.04. The Kier molecular flexibility index (Phi) is 4.98. The minimum Gasteiger partial charge on any atom is -0.394 e. The first-order chi connectivity index (χ1) is 8.69. The summed E-state index contributed by atoms with van der Waals surface area (Å²) in [5.41, 5.74) is -1.13. The van der Waals surface area contributed by atoms with Crippen molar-refractivity contribution >= 4 is 0 Å². The summed E-state index contributed by atoms with van der Waals surface area (Å²) in [4.78, 5) is 0. The van der Waals surface area contributed by atoms with E-state index in [0.717, 1.165) is 12.1 Å². The first-order valence-corrected chi connectivity index (χ1v) is 6.22. The van der Waals surface area contributed by atoms with Crippen LogP contribution in [0.15, 0.2) is 24.3 Å². The van der Waals surface area contributed by atoms with Crippen molar-refractivity contribution in [3.63, 3.8) is 0 Å². The van der Waals surface area contributed by atoms with Crippen LogP contribution in [-0.4, -0.2) is 18.3 Å². The van der Waals surface area contributed by atoms with Gasteiger partial charge in [-0.3, -0.25) is 0 Å². The molecule has 1 aromatic carbocycles. The topological polar surface area (TPSA) is 32.3 Å². The van der Waals surface area contributed by atoms with Crippen molar-refractivity contribution in [2.75, 3.05) is 13.2 Å². The van der Waals surface area contributed by atoms with Crippen LogP contribution in [0.25, 0.3) is 0 Å². The number of halogens is 3. The average Bonchev–Trinajstić information content (AvgIpc) is 2.35. The molecular weight excluding hydrogens is 255 g/mol. The fourth-order valence-corrected chi connectivity index (χ4v) is 1.72. The molecule has 0 heterocycles. The molecule has 0 fully saturated rings. The van der Waals surface area contributed by atoms with E-state index < -0.39 is 17.3 Å². The van der Waals surface area contributed by atoms with E-state index in [0.29, 0.717) is 18.0 Å². The summed E-state index contributed by atoms with van der Waals surface area (Å²) < 4.78 is 38.1. The Bertz CT molecular complexity index is 417. The Balaban J connectivity index is 3.04. The van der Waals surface area contributed by atoms with Crippen LogP contribution in [0.5, 0.6) is 0 Å². The van der Waals surface area contributed by atoms with E-state index in [1.165, 1.54) is 6.07 Å². The van der Waals surface area contributed by atoms with E-state index in [2.05, 4.69) is 5.32 Å². The molecule has 0 saturated heterocycles. The third-order valence-corrected chi connectivity index (χ3v) is 3.04. The molecule has 1 unspecified atom stereocenters. The molecule has 0 saturated carbocycles. The lowest BCUT2D eigenvalue weighted by Crippen LogP contribution is -2.44. The molecule has 5 heteroatoms. The van der Waals surface area contributed by atoms with Crippen molar-refractivity contribution < 1.29 is 18.3 Å². The summed E-state index contributed by atoms with van der Waals surface area (Å²) in [7, 11) is 0. The van der Waals surface area contributed by atoms with Gasteiger partial charge in [0.2, 0.25) is 0 Å². The Morgan fingerprint density at radius 2 is 1.79 bits per heavy atom. The van der Waals surface area contributed by atoms with Crippen molar-refractivity contribution in [3.8, 4) is 0 Å². The summed E-state index contributed by atoms with van der Waals surface area (Å²) in [5, 5.41) is 12.6. The number of aliphatic hydroxyl groups excluding tert-OH is 1. The lowest BCUT2D eigenvalue weighted by molar-refractivity contribution is -0.137. The highest BCUT2D eigenvalue weighted by Crippen LogP contribution is 2.32. The average molecular weight is 275 g/mol. The van der Waals surface area contributed by atoms with Crippen molar-refractivity contribution in [2.24, 2.45) is 5.92 Å². The van der Waals surface area contributed by atoms with Crippen LogP contribution in [0.4, 0.5) is 13.2 Å². The lowest BCUT2D eigenvalue weighted by Gasteiger charge is -2.31. The van der Waals surface area contributed by atoms with Gasteiger partial charge in [0.15, 0.2) is 0 Å². The number of alkyl halides is 3. The van der Waals surface area contributed by atoms with Crippen LogP contribution in [0.1, 0.15) is 31.9 Å². The Morgan fingerprint density at radius 3 is 2.26 bits per heavy atom. The molecule has 0 aromatic heterocycles. The zero-order chi connectivity index (χ0) is 14.7. The third kappa shape index (κ3) is 4.21. The molecule has 0 aliphatic carbocycles. The Hall–Kier alpha value is -1.07. The second kappa shape index (κ2) is 5.92. The number of rotatable bonds is 5. The molecule has 0 aliphatic rings. The van der Waals surface area contributed by atoms with Gasteiger partial charge in [-0.2, -0.15) is 13.2 Å². The van der Waals surface area contributed by atoms with E-state index in [4.69, 9.17) is 0 Å². The summed E-state index contributed by atoms with van der Waals surface area (Å²) in [6.07, 6.45) is -4.37. The number of nitrogens with one attached hydrogen (secondary N) is 1. The number of hydrogen-bond acceptors (Lipinski definition) is 2. The highest BCUT2D eigenvalue weighted by Gasteiger charge is 2.33. The summed E-state index contributed by atoms with van der Waals surface area (Å²) in [6.45, 7) is 6.05. The van der Waals surface area contributed by atoms with Gasteiger partial charge in [0.1, 0.15) is 0 Å². The normalized spacial score (nSPS) is 15.6. The molecule has 2 N–H and O–H groups in total. The van der Waals surface area contributed by atoms with Crippen molar-refractivity contribution in [3.05, 3.63) is 35.4 Å². The molecule has 1 atom stereocenters. The molecular formula is C14H20F3NO. The highest BCUT2D eigenvalue weighted by molar-refractivity contribution is 5.31. The van der Waals surface area contributed by atoms with Crippen molar-refractivity contribution in [1.29, 1.82) is 0 Å². The van der Waals surface area contributed by atoms with Crippen molar-refractivity contribution in [2.45, 2.75) is 32.5 Å². The maximum absolute atomic E-state index is 12.7. The predicted molar refractivity (Wildman–Crippen MR) is 68.7 cm³/mol. The zero-order valence-electron chi connectivity index (χ0n) is 11.4. The largest absolute Gasteiger partial charge is 0.416 e. The fourth-order valence-electron chi connectivity index (χ4n) is 1.72. The number of hydrogen-bond donors (Lipinski definition) is 2. The molecule has 108 valence electrons. The van der Waals surface area contributed by atoms with Gasteiger partial charge >= 0.3 is 6.18 Å². The van der Waals surface area contributed by atoms with Gasteiger partial charge in [0, 0.05) is 0 Å². The van der Waals surface area contributed by atoms with E-state index in [9.17, 15) is 18.3 Å². The molecule has 0 aliphatic heterocycles. The quantitative estimate of drug-likeness (QED) is 0.865. The van der Waals surface area contributed by atoms with Gasteiger partial charge in [-0.05, 0) is 37.1 Å². The van der Waals surface area contributed by atoms with Crippen LogP contribution >= 0.6 is 0 Å². The van der Waals surface area contributed by atoms with Crippen LogP contribution in [0.3, 0.4) is 0 Å².